The Bertz CT molecular complexity index is 1350. The van der Waals surface area contributed by atoms with Crippen molar-refractivity contribution in [2.24, 2.45) is 0 Å². The quantitative estimate of drug-likeness (QED) is 0.520. The number of anilines is 1. The third-order valence-corrected chi connectivity index (χ3v) is 5.42. The molecule has 0 aliphatic carbocycles. The highest BCUT2D eigenvalue weighted by Crippen LogP contribution is 2.38. The lowest BCUT2D eigenvalue weighted by atomic mass is 9.87. The third kappa shape index (κ3) is 3.09. The van der Waals surface area contributed by atoms with Crippen LogP contribution in [0, 0.1) is 36.5 Å². The molecule has 0 aromatic heterocycles. The van der Waals surface area contributed by atoms with E-state index in [9.17, 15) is 10.5 Å². The van der Waals surface area contributed by atoms with Gasteiger partial charge in [0, 0.05) is 41.4 Å². The van der Waals surface area contributed by atoms with E-state index < -0.39 is 0 Å². The first-order valence-corrected chi connectivity index (χ1v) is 9.69. The van der Waals surface area contributed by atoms with Crippen molar-refractivity contribution in [2.45, 2.75) is 13.8 Å². The van der Waals surface area contributed by atoms with E-state index in [0.29, 0.717) is 11.0 Å². The van der Waals surface area contributed by atoms with Gasteiger partial charge in [0.2, 0.25) is 0 Å². The average Bonchev–Trinajstić information content (AvgIpc) is 2.73. The van der Waals surface area contributed by atoms with Crippen LogP contribution in [-0.4, -0.2) is 14.1 Å². The van der Waals surface area contributed by atoms with Crippen molar-refractivity contribution in [1.82, 2.24) is 0 Å². The minimum atomic E-state index is 0.0736. The topological polar surface area (TPSA) is 60.0 Å². The highest BCUT2D eigenvalue weighted by molar-refractivity contribution is 5.88. The molecule has 3 aromatic rings. The molecule has 3 aromatic carbocycles. The Kier molecular flexibility index (Phi) is 4.78. The number of rotatable bonds is 2. The summed E-state index contributed by atoms with van der Waals surface area (Å²) >= 11 is 0. The molecule has 146 valence electrons. The van der Waals surface area contributed by atoms with Gasteiger partial charge in [-0.15, -0.1) is 0 Å². The Hall–Kier alpha value is -4.02. The van der Waals surface area contributed by atoms with E-state index in [1.807, 2.05) is 56.6 Å². The highest BCUT2D eigenvalue weighted by Gasteiger charge is 2.22. The summed E-state index contributed by atoms with van der Waals surface area (Å²) in [6.45, 7) is 4.26. The van der Waals surface area contributed by atoms with E-state index in [4.69, 9.17) is 4.74 Å². The number of nitrogens with zero attached hydrogens (tertiary/aromatic N) is 3. The van der Waals surface area contributed by atoms with Gasteiger partial charge in [-0.3, -0.25) is 0 Å². The molecule has 0 spiro atoms. The molecule has 1 heterocycles. The Morgan fingerprint density at radius 2 is 1.53 bits per heavy atom. The van der Waals surface area contributed by atoms with Gasteiger partial charge in [0.15, 0.2) is 0 Å². The van der Waals surface area contributed by atoms with Crippen LogP contribution in [0.1, 0.15) is 22.3 Å². The molecule has 0 saturated heterocycles. The summed E-state index contributed by atoms with van der Waals surface area (Å²) in [6.07, 6.45) is 0. The summed E-state index contributed by atoms with van der Waals surface area (Å²) in [5.74, 6) is 1.42. The Morgan fingerprint density at radius 1 is 0.867 bits per heavy atom. The normalized spacial score (nSPS) is 11.5. The molecule has 0 unspecified atom stereocenters. The van der Waals surface area contributed by atoms with Gasteiger partial charge < -0.3 is 9.64 Å². The molecule has 4 heteroatoms. The van der Waals surface area contributed by atoms with Crippen LogP contribution in [0.5, 0.6) is 11.5 Å². The van der Waals surface area contributed by atoms with E-state index >= 15 is 0 Å². The Labute approximate surface area is 176 Å². The zero-order valence-electron chi connectivity index (χ0n) is 17.4. The average molecular weight is 391 g/mol. The van der Waals surface area contributed by atoms with Crippen molar-refractivity contribution >= 4 is 16.8 Å². The fourth-order valence-corrected chi connectivity index (χ4v) is 4.01. The first-order valence-electron chi connectivity index (χ1n) is 9.69. The summed E-state index contributed by atoms with van der Waals surface area (Å²) in [4.78, 5) is 2.10. The zero-order valence-corrected chi connectivity index (χ0v) is 17.4. The fourth-order valence-electron chi connectivity index (χ4n) is 4.01. The van der Waals surface area contributed by atoms with E-state index in [1.165, 1.54) is 16.7 Å². The van der Waals surface area contributed by atoms with Gasteiger partial charge in [0.1, 0.15) is 29.2 Å². The predicted octanol–water partition coefficient (Wildman–Crippen LogP) is 3.92. The van der Waals surface area contributed by atoms with Crippen LogP contribution < -0.4 is 20.1 Å². The molecule has 0 bridgehead atoms. The van der Waals surface area contributed by atoms with Crippen LogP contribution in [0.3, 0.4) is 0 Å². The lowest BCUT2D eigenvalue weighted by Gasteiger charge is -2.24. The van der Waals surface area contributed by atoms with E-state index in [0.717, 1.165) is 27.8 Å². The first kappa shape index (κ1) is 19.3. The van der Waals surface area contributed by atoms with Crippen molar-refractivity contribution in [2.75, 3.05) is 19.0 Å². The summed E-state index contributed by atoms with van der Waals surface area (Å²) in [6, 6.07) is 21.8. The van der Waals surface area contributed by atoms with Crippen LogP contribution in [-0.2, 0) is 0 Å². The molecular weight excluding hydrogens is 370 g/mol. The molecule has 4 nitrogen and oxygen atoms in total. The molecule has 0 N–H and O–H groups in total. The van der Waals surface area contributed by atoms with Crippen molar-refractivity contribution in [3.63, 3.8) is 0 Å². The second-order valence-corrected chi connectivity index (χ2v) is 7.63. The number of fused-ring (bicyclic) bond motifs is 2. The maximum Gasteiger partial charge on any atom is 0.137 e. The standard InChI is InChI=1S/C26H21N3O/c1-16-11-20(29(3)4)12-17(2)25(16)26-21-7-5-6-8-23(21)30-24-13-18(9-10-22(24)26)19(14-27)15-28/h5-13H,1-4H3. The van der Waals surface area contributed by atoms with E-state index in [2.05, 4.69) is 36.9 Å². The second-order valence-electron chi connectivity index (χ2n) is 7.63. The summed E-state index contributed by atoms with van der Waals surface area (Å²) < 4.78 is 6.19. The number of aryl methyl sites for hydroxylation is 2. The molecule has 1 aliphatic rings. The SMILES string of the molecule is Cc1cc(N(C)C)cc(C)c1C1=c2ccc(=C(C#N)C#N)cc2Oc2ccccc21. The number of hydrogen-bond donors (Lipinski definition) is 0. The smallest absolute Gasteiger partial charge is 0.137 e. The van der Waals surface area contributed by atoms with Crippen LogP contribution in [0.4, 0.5) is 5.69 Å². The van der Waals surface area contributed by atoms with Gasteiger partial charge in [0.05, 0.1) is 0 Å². The van der Waals surface area contributed by atoms with Gasteiger partial charge in [-0.25, -0.2) is 0 Å². The molecule has 4 rings (SSSR count). The summed E-state index contributed by atoms with van der Waals surface area (Å²) in [5.41, 5.74) is 6.91. The molecular formula is C26H21N3O. The van der Waals surface area contributed by atoms with Crippen molar-refractivity contribution in [1.29, 1.82) is 10.5 Å². The molecule has 0 atom stereocenters. The Morgan fingerprint density at radius 3 is 2.17 bits per heavy atom. The monoisotopic (exact) mass is 391 g/mol. The van der Waals surface area contributed by atoms with Crippen LogP contribution in [0.15, 0.2) is 54.6 Å². The highest BCUT2D eigenvalue weighted by atomic mass is 16.5. The minimum Gasteiger partial charge on any atom is -0.456 e. The van der Waals surface area contributed by atoms with Crippen LogP contribution in [0.25, 0.3) is 11.1 Å². The van der Waals surface area contributed by atoms with Gasteiger partial charge in [0.25, 0.3) is 0 Å². The molecule has 1 aliphatic heterocycles. The third-order valence-electron chi connectivity index (χ3n) is 5.42. The predicted molar refractivity (Wildman–Crippen MR) is 119 cm³/mol. The molecule has 30 heavy (non-hydrogen) atoms. The molecule has 0 amide bonds. The molecule has 0 radical (unpaired) electrons. The largest absolute Gasteiger partial charge is 0.456 e. The molecule has 0 fully saturated rings. The lowest BCUT2D eigenvalue weighted by molar-refractivity contribution is 0.472. The van der Waals surface area contributed by atoms with Crippen LogP contribution >= 0.6 is 0 Å². The number of hydrogen-bond acceptors (Lipinski definition) is 4. The fraction of sp³-hybridized carbons (Fsp3) is 0.154. The number of benzene rings is 3. The summed E-state index contributed by atoms with van der Waals surface area (Å²) in [7, 11) is 4.08. The van der Waals surface area contributed by atoms with Gasteiger partial charge in [-0.2, -0.15) is 10.5 Å². The summed E-state index contributed by atoms with van der Waals surface area (Å²) in [5, 5.41) is 20.0. The molecule has 0 saturated carbocycles. The van der Waals surface area contributed by atoms with Gasteiger partial charge >= 0.3 is 0 Å². The van der Waals surface area contributed by atoms with Crippen molar-refractivity contribution < 1.29 is 4.74 Å². The maximum atomic E-state index is 9.26. The van der Waals surface area contributed by atoms with Crippen LogP contribution in [0.2, 0.25) is 0 Å². The number of nitriles is 2. The van der Waals surface area contributed by atoms with Gasteiger partial charge in [-0.05, 0) is 60.9 Å². The number of para-hydroxylation sites is 1. The van der Waals surface area contributed by atoms with Crippen molar-refractivity contribution in [3.05, 3.63) is 87.3 Å². The lowest BCUT2D eigenvalue weighted by Crippen LogP contribution is -2.21. The minimum absolute atomic E-state index is 0.0736. The maximum absolute atomic E-state index is 9.26. The van der Waals surface area contributed by atoms with E-state index in [-0.39, 0.29) is 5.57 Å². The van der Waals surface area contributed by atoms with Gasteiger partial charge in [-0.1, -0.05) is 24.3 Å². The van der Waals surface area contributed by atoms with Crippen molar-refractivity contribution in [3.8, 4) is 23.6 Å². The zero-order chi connectivity index (χ0) is 21.4. The second kappa shape index (κ2) is 7.43. The van der Waals surface area contributed by atoms with E-state index in [1.54, 1.807) is 6.07 Å². The number of ether oxygens (including phenoxy) is 1. The Balaban J connectivity index is 2.13. The first-order chi connectivity index (χ1) is 14.4.